The topological polar surface area (TPSA) is 84.7 Å². The Morgan fingerprint density at radius 2 is 1.74 bits per heavy atom. The van der Waals surface area contributed by atoms with Crippen molar-refractivity contribution in [2.24, 2.45) is 0 Å². The first-order valence-corrected chi connectivity index (χ1v) is 15.6. The molecule has 0 unspecified atom stereocenters. The predicted molar refractivity (Wildman–Crippen MR) is 169 cm³/mol. The highest BCUT2D eigenvalue weighted by Gasteiger charge is 2.32. The van der Waals surface area contributed by atoms with Crippen LogP contribution in [0.3, 0.4) is 0 Å². The first-order chi connectivity index (χ1) is 20.4. The number of carboxylic acid groups (broad SMARTS) is 1. The molecule has 1 aromatic heterocycles. The number of unbranched alkanes of at least 4 members (excludes halogenated alkanes) is 7. The molecule has 0 radical (unpaired) electrons. The van der Waals surface area contributed by atoms with Gasteiger partial charge in [-0.15, -0.1) is 0 Å². The van der Waals surface area contributed by atoms with Crippen molar-refractivity contribution in [1.82, 2.24) is 14.7 Å². The third kappa shape index (κ3) is 8.51. The molecule has 0 aliphatic carbocycles. The molecule has 7 nitrogen and oxygen atoms in total. The number of nitrogens with zero attached hydrogens (tertiary/aromatic N) is 3. The summed E-state index contributed by atoms with van der Waals surface area (Å²) < 4.78 is 22.4. The van der Waals surface area contributed by atoms with Crippen molar-refractivity contribution in [3.8, 4) is 22.7 Å². The van der Waals surface area contributed by atoms with E-state index in [0.29, 0.717) is 39.2 Å². The molecule has 42 heavy (non-hydrogen) atoms. The lowest BCUT2D eigenvalue weighted by Gasteiger charge is -2.14. The Bertz CT molecular complexity index is 1420. The molecule has 222 valence electrons. The van der Waals surface area contributed by atoms with Gasteiger partial charge in [0, 0.05) is 30.3 Å². The fourth-order valence-corrected chi connectivity index (χ4v) is 6.09. The van der Waals surface area contributed by atoms with Gasteiger partial charge < -0.3 is 9.84 Å². The van der Waals surface area contributed by atoms with Gasteiger partial charge >= 0.3 is 5.97 Å². The van der Waals surface area contributed by atoms with Gasteiger partial charge in [0.1, 0.15) is 10.0 Å². The number of carboxylic acids is 1. The molecular weight excluding hydrogens is 574 g/mol. The van der Waals surface area contributed by atoms with Crippen molar-refractivity contribution in [2.45, 2.75) is 64.7 Å². The van der Waals surface area contributed by atoms with Crippen molar-refractivity contribution < 1.29 is 23.8 Å². The molecule has 1 saturated heterocycles. The van der Waals surface area contributed by atoms with Crippen LogP contribution in [-0.2, 0) is 9.59 Å². The average Bonchev–Trinajstić information content (AvgIpc) is 3.51. The fourth-order valence-electron chi connectivity index (χ4n) is 4.79. The van der Waals surface area contributed by atoms with Crippen molar-refractivity contribution in [1.29, 1.82) is 0 Å². The van der Waals surface area contributed by atoms with Crippen molar-refractivity contribution >= 4 is 46.3 Å². The molecule has 4 rings (SSSR count). The standard InChI is InChI=1S/C32H36FN3O4S2/c1-2-40-27-18-17-23(20-26(27)33)30-24(22-36(34-30)25-14-10-9-11-15-25)21-28-31(39)35(32(41)42-28)19-13-8-6-4-3-5-7-12-16-29(37)38/h9-11,14-15,17-18,20-22H,2-8,12-13,16,19H2,1H3,(H,37,38)/b28-21-. The summed E-state index contributed by atoms with van der Waals surface area (Å²) >= 11 is 6.83. The van der Waals surface area contributed by atoms with Crippen molar-refractivity contribution in [3.05, 3.63) is 71.0 Å². The van der Waals surface area contributed by atoms with E-state index in [9.17, 15) is 14.0 Å². The normalized spacial score (nSPS) is 14.2. The number of aliphatic carboxylic acids is 1. The SMILES string of the molecule is CCOc1ccc(-c2nn(-c3ccccc3)cc2/C=C2\SC(=S)N(CCCCCCCCCCC(=O)O)C2=O)cc1F. The fraction of sp³-hybridized carbons (Fsp3) is 0.375. The third-order valence-corrected chi connectivity index (χ3v) is 8.33. The first-order valence-electron chi connectivity index (χ1n) is 14.4. The summed E-state index contributed by atoms with van der Waals surface area (Å²) in [4.78, 5) is 26.1. The molecule has 0 bridgehead atoms. The number of carbonyl (C=O) groups is 2. The van der Waals surface area contributed by atoms with E-state index in [1.54, 1.807) is 34.7 Å². The number of para-hydroxylation sites is 1. The summed E-state index contributed by atoms with van der Waals surface area (Å²) in [6, 6.07) is 14.4. The van der Waals surface area contributed by atoms with E-state index in [4.69, 9.17) is 27.2 Å². The summed E-state index contributed by atoms with van der Waals surface area (Å²) in [5.41, 5.74) is 2.66. The van der Waals surface area contributed by atoms with E-state index < -0.39 is 11.8 Å². The number of ether oxygens (including phenoxy) is 1. The smallest absolute Gasteiger partial charge is 0.303 e. The van der Waals surface area contributed by atoms with Gasteiger partial charge in [0.2, 0.25) is 0 Å². The van der Waals surface area contributed by atoms with Crippen LogP contribution >= 0.6 is 24.0 Å². The molecule has 1 aliphatic heterocycles. The zero-order valence-electron chi connectivity index (χ0n) is 23.8. The second-order valence-corrected chi connectivity index (χ2v) is 11.8. The van der Waals surface area contributed by atoms with Crippen LogP contribution in [0.4, 0.5) is 4.39 Å². The summed E-state index contributed by atoms with van der Waals surface area (Å²) in [6.07, 6.45) is 11.8. The number of rotatable bonds is 16. The number of halogens is 1. The summed E-state index contributed by atoms with van der Waals surface area (Å²) in [6.45, 7) is 2.74. The van der Waals surface area contributed by atoms with Gasteiger partial charge in [-0.1, -0.05) is 80.7 Å². The van der Waals surface area contributed by atoms with Gasteiger partial charge in [0.05, 0.1) is 17.2 Å². The molecule has 2 aromatic carbocycles. The molecule has 0 spiro atoms. The molecule has 3 aromatic rings. The largest absolute Gasteiger partial charge is 0.491 e. The molecule has 10 heteroatoms. The molecule has 2 heterocycles. The molecular formula is C32H36FN3O4S2. The van der Waals surface area contributed by atoms with Crippen LogP contribution in [0.5, 0.6) is 5.75 Å². The Morgan fingerprint density at radius 3 is 2.40 bits per heavy atom. The van der Waals surface area contributed by atoms with E-state index in [0.717, 1.165) is 57.1 Å². The Hall–Kier alpha value is -3.50. The highest BCUT2D eigenvalue weighted by molar-refractivity contribution is 8.26. The maximum Gasteiger partial charge on any atom is 0.303 e. The quantitative estimate of drug-likeness (QED) is 0.100. The van der Waals surface area contributed by atoms with Crippen LogP contribution in [0.1, 0.15) is 70.3 Å². The molecule has 1 amide bonds. The van der Waals surface area contributed by atoms with Crippen LogP contribution in [0.25, 0.3) is 23.0 Å². The second-order valence-electron chi connectivity index (χ2n) is 10.1. The van der Waals surface area contributed by atoms with Crippen molar-refractivity contribution in [3.63, 3.8) is 0 Å². The Balaban J connectivity index is 1.42. The number of hydrogen-bond donors (Lipinski definition) is 1. The van der Waals surface area contributed by atoms with Gasteiger partial charge in [-0.2, -0.15) is 5.10 Å². The van der Waals surface area contributed by atoms with E-state index >= 15 is 0 Å². The van der Waals surface area contributed by atoms with Crippen molar-refractivity contribution in [2.75, 3.05) is 13.2 Å². The third-order valence-electron chi connectivity index (χ3n) is 6.95. The minimum Gasteiger partial charge on any atom is -0.491 e. The number of thioether (sulfide) groups is 1. The second kappa shape index (κ2) is 15.7. The van der Waals surface area contributed by atoms with Crippen LogP contribution < -0.4 is 4.74 Å². The van der Waals surface area contributed by atoms with Gasteiger partial charge in [-0.05, 0) is 56.2 Å². The summed E-state index contributed by atoms with van der Waals surface area (Å²) in [7, 11) is 0. The number of carbonyl (C=O) groups excluding carboxylic acids is 1. The van der Waals surface area contributed by atoms with E-state index in [-0.39, 0.29) is 18.1 Å². The lowest BCUT2D eigenvalue weighted by molar-refractivity contribution is -0.137. The summed E-state index contributed by atoms with van der Waals surface area (Å²) in [5, 5.41) is 13.5. The van der Waals surface area contributed by atoms with Crippen LogP contribution in [0.2, 0.25) is 0 Å². The van der Waals surface area contributed by atoms with Crippen LogP contribution in [0.15, 0.2) is 59.6 Å². The number of hydrogen-bond acceptors (Lipinski definition) is 6. The maximum atomic E-state index is 14.8. The molecule has 1 fully saturated rings. The minimum absolute atomic E-state index is 0.125. The van der Waals surface area contributed by atoms with Crippen LogP contribution in [0, 0.1) is 5.82 Å². The highest BCUT2D eigenvalue weighted by Crippen LogP contribution is 2.36. The monoisotopic (exact) mass is 609 g/mol. The number of thiocarbonyl (C=S) groups is 1. The number of aromatic nitrogens is 2. The zero-order valence-corrected chi connectivity index (χ0v) is 25.4. The Kier molecular flexibility index (Phi) is 11.7. The van der Waals surface area contributed by atoms with Gasteiger partial charge in [-0.3, -0.25) is 14.5 Å². The number of benzene rings is 2. The zero-order chi connectivity index (χ0) is 29.9. The van der Waals surface area contributed by atoms with Gasteiger partial charge in [0.15, 0.2) is 11.6 Å². The predicted octanol–water partition coefficient (Wildman–Crippen LogP) is 7.87. The lowest BCUT2D eigenvalue weighted by atomic mass is 10.1. The Morgan fingerprint density at radius 1 is 1.05 bits per heavy atom. The minimum atomic E-state index is -0.730. The van der Waals surface area contributed by atoms with Gasteiger partial charge in [0.25, 0.3) is 5.91 Å². The highest BCUT2D eigenvalue weighted by atomic mass is 32.2. The number of amides is 1. The molecule has 0 saturated carbocycles. The van der Waals surface area contributed by atoms with E-state index in [1.807, 2.05) is 36.5 Å². The first kappa shape index (κ1) is 31.4. The average molecular weight is 610 g/mol. The Labute approximate surface area is 255 Å². The van der Waals surface area contributed by atoms with Gasteiger partial charge in [-0.25, -0.2) is 9.07 Å². The maximum absolute atomic E-state index is 14.8. The van der Waals surface area contributed by atoms with E-state index in [2.05, 4.69) is 0 Å². The molecule has 1 N–H and O–H groups in total. The van der Waals surface area contributed by atoms with E-state index in [1.165, 1.54) is 17.8 Å². The summed E-state index contributed by atoms with van der Waals surface area (Å²) in [5.74, 6) is -1.15. The van der Waals surface area contributed by atoms with Crippen LogP contribution in [-0.4, -0.2) is 49.1 Å². The molecule has 0 atom stereocenters. The molecule has 1 aliphatic rings. The lowest BCUT2D eigenvalue weighted by Crippen LogP contribution is -2.29.